The first-order valence-electron chi connectivity index (χ1n) is 12.4. The van der Waals surface area contributed by atoms with Crippen LogP contribution < -0.4 is 10.2 Å². The molecule has 8 nitrogen and oxygen atoms in total. The first-order valence-corrected chi connectivity index (χ1v) is 12.4. The molecule has 9 heteroatoms. The normalized spacial score (nSPS) is 11.2. The molecule has 0 atom stereocenters. The number of aromatic hydroxyl groups is 2. The molecule has 39 heavy (non-hydrogen) atoms. The Hall–Kier alpha value is -3.17. The van der Waals surface area contributed by atoms with Crippen LogP contribution in [-0.2, 0) is 39.2 Å². The Morgan fingerprint density at radius 1 is 0.718 bits per heavy atom. The first kappa shape index (κ1) is 38.0. The van der Waals surface area contributed by atoms with Gasteiger partial charge in [0, 0.05) is 35.5 Å². The molecule has 0 spiro atoms. The maximum absolute atomic E-state index is 10.1. The standard InChI is InChI=1S/C26H36N2O2.2C2H4O2.Co/c1-25(2,3)15-19-7-9-23(29)21(13-19)17-27-11-12-28-18-22-14-20(8-10-24(22)30)16-26(4,5)6;2*1-2(3)4;/h7-10,13-14,17-18,29-30H,11-12,15-16H2,1-6H3;2*1H3,(H,3,4);/q;;;+2/p-2. The Morgan fingerprint density at radius 3 is 1.26 bits per heavy atom. The maximum atomic E-state index is 10.1. The topological polar surface area (TPSA) is 145 Å². The van der Waals surface area contributed by atoms with E-state index in [-0.39, 0.29) is 39.1 Å². The van der Waals surface area contributed by atoms with E-state index in [9.17, 15) is 10.2 Å². The molecule has 0 aliphatic carbocycles. The Balaban J connectivity index is 0. The smallest absolute Gasteiger partial charge is 0.550 e. The van der Waals surface area contributed by atoms with Gasteiger partial charge in [0.05, 0.1) is 13.1 Å². The molecule has 0 amide bonds. The summed E-state index contributed by atoms with van der Waals surface area (Å²) >= 11 is 0. The SMILES string of the molecule is CC(=O)[O-].CC(=O)[O-].CC(C)(C)Cc1ccc(O)c(C=NCCN=Cc2cc(CC(C)(C)C)ccc2O)c1.[Co+2]. The molecular weight excluding hydrogens is 543 g/mol. The van der Waals surface area contributed by atoms with Crippen LogP contribution in [-0.4, -0.2) is 47.7 Å². The fourth-order valence-electron chi connectivity index (χ4n) is 3.30. The molecule has 2 aromatic carbocycles. The van der Waals surface area contributed by atoms with Crippen LogP contribution in [0.1, 0.15) is 77.6 Å². The van der Waals surface area contributed by atoms with Gasteiger partial charge in [-0.05, 0) is 72.9 Å². The minimum atomic E-state index is -1.08. The van der Waals surface area contributed by atoms with Crippen molar-refractivity contribution in [1.82, 2.24) is 0 Å². The van der Waals surface area contributed by atoms with Gasteiger partial charge in [-0.1, -0.05) is 53.7 Å². The second-order valence-corrected chi connectivity index (χ2v) is 11.3. The Labute approximate surface area is 243 Å². The third-order valence-electron chi connectivity index (χ3n) is 4.47. The van der Waals surface area contributed by atoms with Crippen LogP contribution in [0.15, 0.2) is 46.4 Å². The first-order chi connectivity index (χ1) is 17.4. The van der Waals surface area contributed by atoms with Crippen molar-refractivity contribution < 1.29 is 46.8 Å². The van der Waals surface area contributed by atoms with Crippen LogP contribution in [0.3, 0.4) is 0 Å². The van der Waals surface area contributed by atoms with Crippen LogP contribution in [0.2, 0.25) is 0 Å². The number of aliphatic imine (C=N–C) groups is 2. The summed E-state index contributed by atoms with van der Waals surface area (Å²) in [6, 6.07) is 11.4. The summed E-state index contributed by atoms with van der Waals surface area (Å²) in [4.78, 5) is 26.6. The third-order valence-corrected chi connectivity index (χ3v) is 4.47. The third kappa shape index (κ3) is 21.5. The number of carboxylic acid groups (broad SMARTS) is 2. The Morgan fingerprint density at radius 2 is 1.00 bits per heavy atom. The molecule has 0 aliphatic heterocycles. The van der Waals surface area contributed by atoms with E-state index in [0.717, 1.165) is 37.8 Å². The predicted molar refractivity (Wildman–Crippen MR) is 149 cm³/mol. The van der Waals surface area contributed by atoms with E-state index in [1.807, 2.05) is 24.3 Å². The predicted octanol–water partition coefficient (Wildman–Crippen LogP) is 3.32. The van der Waals surface area contributed by atoms with Crippen molar-refractivity contribution in [3.63, 3.8) is 0 Å². The molecule has 0 heterocycles. The fraction of sp³-hybridized carbons (Fsp3) is 0.467. The van der Waals surface area contributed by atoms with Gasteiger partial charge in [-0.15, -0.1) is 0 Å². The van der Waals surface area contributed by atoms with Crippen LogP contribution in [0.4, 0.5) is 0 Å². The summed E-state index contributed by atoms with van der Waals surface area (Å²) in [5.74, 6) is -1.69. The van der Waals surface area contributed by atoms with Gasteiger partial charge in [0.25, 0.3) is 0 Å². The number of carbonyl (C=O) groups is 2. The zero-order valence-electron chi connectivity index (χ0n) is 24.2. The largest absolute Gasteiger partial charge is 2.00 e. The monoisotopic (exact) mass is 585 g/mol. The van der Waals surface area contributed by atoms with Gasteiger partial charge in [0.2, 0.25) is 0 Å². The van der Waals surface area contributed by atoms with Gasteiger partial charge in [-0.2, -0.15) is 0 Å². The summed E-state index contributed by atoms with van der Waals surface area (Å²) in [6.45, 7) is 16.2. The second kappa shape index (κ2) is 18.2. The van der Waals surface area contributed by atoms with Gasteiger partial charge >= 0.3 is 16.8 Å². The van der Waals surface area contributed by atoms with Gasteiger partial charge in [0.15, 0.2) is 0 Å². The van der Waals surface area contributed by atoms with Crippen LogP contribution in [0.5, 0.6) is 11.5 Å². The van der Waals surface area contributed by atoms with Gasteiger partial charge in [-0.3, -0.25) is 9.98 Å². The van der Waals surface area contributed by atoms with Crippen LogP contribution in [0.25, 0.3) is 0 Å². The zero-order chi connectivity index (χ0) is 29.5. The molecule has 2 aromatic rings. The van der Waals surface area contributed by atoms with Crippen molar-refractivity contribution in [3.05, 3.63) is 58.7 Å². The van der Waals surface area contributed by atoms with Crippen molar-refractivity contribution in [2.45, 2.75) is 68.2 Å². The van der Waals surface area contributed by atoms with Gasteiger partial charge in [-0.25, -0.2) is 0 Å². The average molecular weight is 586 g/mol. The van der Waals surface area contributed by atoms with E-state index in [4.69, 9.17) is 19.8 Å². The maximum Gasteiger partial charge on any atom is 2.00 e. The molecular formula is C30H42CoN2O6. The summed E-state index contributed by atoms with van der Waals surface area (Å²) in [6.07, 6.45) is 5.29. The fourth-order valence-corrected chi connectivity index (χ4v) is 3.30. The number of hydrogen-bond acceptors (Lipinski definition) is 8. The molecule has 0 unspecified atom stereocenters. The molecule has 2 rings (SSSR count). The second-order valence-electron chi connectivity index (χ2n) is 11.3. The number of benzene rings is 2. The zero-order valence-corrected chi connectivity index (χ0v) is 25.2. The van der Waals surface area contributed by atoms with Crippen LogP contribution in [0, 0.1) is 10.8 Å². The van der Waals surface area contributed by atoms with Crippen molar-refractivity contribution in [3.8, 4) is 11.5 Å². The van der Waals surface area contributed by atoms with Crippen molar-refractivity contribution in [2.24, 2.45) is 20.8 Å². The molecule has 1 radical (unpaired) electrons. The molecule has 217 valence electrons. The summed E-state index contributed by atoms with van der Waals surface area (Å²) in [5, 5.41) is 37.9. The van der Waals surface area contributed by atoms with E-state index in [1.165, 1.54) is 11.1 Å². The van der Waals surface area contributed by atoms with E-state index >= 15 is 0 Å². The number of hydrogen-bond donors (Lipinski definition) is 2. The summed E-state index contributed by atoms with van der Waals surface area (Å²) in [5.41, 5.74) is 4.21. The Kier molecular flexibility index (Phi) is 17.7. The molecule has 2 N–H and O–H groups in total. The minimum absolute atomic E-state index is 0. The van der Waals surface area contributed by atoms with Crippen molar-refractivity contribution in [2.75, 3.05) is 13.1 Å². The quantitative estimate of drug-likeness (QED) is 0.377. The number of rotatable bonds is 7. The number of carbonyl (C=O) groups excluding carboxylic acids is 2. The number of carboxylic acids is 2. The summed E-state index contributed by atoms with van der Waals surface area (Å²) in [7, 11) is 0. The summed E-state index contributed by atoms with van der Waals surface area (Å²) < 4.78 is 0. The van der Waals surface area contributed by atoms with E-state index < -0.39 is 11.9 Å². The van der Waals surface area contributed by atoms with Crippen molar-refractivity contribution >= 4 is 24.4 Å². The number of aliphatic carboxylic acids is 2. The van der Waals surface area contributed by atoms with E-state index in [1.54, 1.807) is 24.6 Å². The molecule has 0 aromatic heterocycles. The van der Waals surface area contributed by atoms with Crippen LogP contribution >= 0.6 is 0 Å². The molecule has 0 fully saturated rings. The Bertz CT molecular complexity index is 1000. The molecule has 0 saturated carbocycles. The van der Waals surface area contributed by atoms with Gasteiger partial charge < -0.3 is 30.0 Å². The molecule has 0 saturated heterocycles. The molecule has 0 bridgehead atoms. The molecule has 0 aliphatic rings. The number of phenolic OH excluding ortho intramolecular Hbond substituents is 2. The van der Waals surface area contributed by atoms with Crippen molar-refractivity contribution in [1.29, 1.82) is 0 Å². The van der Waals surface area contributed by atoms with Gasteiger partial charge in [0.1, 0.15) is 11.5 Å². The number of phenols is 2. The minimum Gasteiger partial charge on any atom is -0.550 e. The van der Waals surface area contributed by atoms with E-state index in [0.29, 0.717) is 13.1 Å². The van der Waals surface area contributed by atoms with E-state index in [2.05, 4.69) is 51.5 Å². The average Bonchev–Trinajstić information content (AvgIpc) is 2.72. The number of nitrogens with zero attached hydrogens (tertiary/aromatic N) is 2.